The Morgan fingerprint density at radius 3 is 2.71 bits per heavy atom. The number of carbonyl (C=O) groups excluding carboxylic acids is 1. The van der Waals surface area contributed by atoms with Crippen LogP contribution in [0.5, 0.6) is 0 Å². The first kappa shape index (κ1) is 16.7. The molecule has 0 spiro atoms. The van der Waals surface area contributed by atoms with Crippen molar-refractivity contribution in [3.8, 4) is 0 Å². The number of hydrogen-bond acceptors (Lipinski definition) is 4. The average Bonchev–Trinajstić information content (AvgIpc) is 2.74. The largest absolute Gasteiger partial charge is 0.456 e. The fourth-order valence-corrected chi connectivity index (χ4v) is 3.08. The van der Waals surface area contributed by atoms with Crippen LogP contribution in [-0.2, 0) is 6.54 Å². The summed E-state index contributed by atoms with van der Waals surface area (Å²) < 4.78 is 5.59. The van der Waals surface area contributed by atoms with Crippen LogP contribution >= 0.6 is 0 Å². The second-order valence-electron chi connectivity index (χ2n) is 6.54. The van der Waals surface area contributed by atoms with E-state index in [9.17, 15) is 4.79 Å². The van der Waals surface area contributed by atoms with Crippen LogP contribution in [0.3, 0.4) is 0 Å². The molecule has 1 amide bonds. The Labute approximate surface area is 143 Å². The molecule has 24 heavy (non-hydrogen) atoms. The third-order valence-electron chi connectivity index (χ3n) is 4.58. The molecule has 5 heteroatoms. The van der Waals surface area contributed by atoms with Gasteiger partial charge in [0.25, 0.3) is 5.91 Å². The molecule has 3 rings (SSSR count). The van der Waals surface area contributed by atoms with E-state index < -0.39 is 0 Å². The van der Waals surface area contributed by atoms with Crippen molar-refractivity contribution in [3.63, 3.8) is 0 Å². The molecule has 5 nitrogen and oxygen atoms in total. The van der Waals surface area contributed by atoms with Crippen molar-refractivity contribution in [2.75, 3.05) is 26.2 Å². The predicted octanol–water partition coefficient (Wildman–Crippen LogP) is 2.95. The van der Waals surface area contributed by atoms with Crippen molar-refractivity contribution in [3.05, 3.63) is 52.7 Å². The highest BCUT2D eigenvalue weighted by Gasteiger charge is 2.23. The van der Waals surface area contributed by atoms with Gasteiger partial charge in [-0.25, -0.2) is 0 Å². The summed E-state index contributed by atoms with van der Waals surface area (Å²) in [6.45, 7) is 10.1. The molecule has 1 aliphatic heterocycles. The molecular weight excluding hydrogens is 302 g/mol. The van der Waals surface area contributed by atoms with Crippen molar-refractivity contribution in [1.29, 1.82) is 0 Å². The zero-order chi connectivity index (χ0) is 17.1. The van der Waals surface area contributed by atoms with E-state index in [1.165, 1.54) is 0 Å². The highest BCUT2D eigenvalue weighted by Crippen LogP contribution is 2.17. The molecule has 3 heterocycles. The Balaban J connectivity index is 1.61. The van der Waals surface area contributed by atoms with Gasteiger partial charge in [0.1, 0.15) is 5.76 Å². The number of furan rings is 1. The van der Waals surface area contributed by atoms with Crippen molar-refractivity contribution in [2.45, 2.75) is 33.7 Å². The highest BCUT2D eigenvalue weighted by molar-refractivity contribution is 5.91. The SMILES string of the molecule is Cc1cccc(CN2CCCN(C(=O)c3cc(C)c(C)o3)CC2)n1. The van der Waals surface area contributed by atoms with Crippen LogP contribution in [0, 0.1) is 20.8 Å². The summed E-state index contributed by atoms with van der Waals surface area (Å²) in [5.41, 5.74) is 3.16. The lowest BCUT2D eigenvalue weighted by atomic mass is 10.2. The smallest absolute Gasteiger partial charge is 0.289 e. The Kier molecular flexibility index (Phi) is 5.00. The van der Waals surface area contributed by atoms with Gasteiger partial charge in [-0.1, -0.05) is 6.07 Å². The van der Waals surface area contributed by atoms with Crippen LogP contribution in [0.25, 0.3) is 0 Å². The molecule has 128 valence electrons. The van der Waals surface area contributed by atoms with Crippen LogP contribution in [0.15, 0.2) is 28.7 Å². The first-order valence-electron chi connectivity index (χ1n) is 8.54. The Bertz CT molecular complexity index is 704. The maximum atomic E-state index is 12.6. The summed E-state index contributed by atoms with van der Waals surface area (Å²) in [4.78, 5) is 21.5. The van der Waals surface area contributed by atoms with E-state index in [1.54, 1.807) is 0 Å². The van der Waals surface area contributed by atoms with Crippen LogP contribution in [-0.4, -0.2) is 46.9 Å². The molecule has 2 aromatic rings. The monoisotopic (exact) mass is 327 g/mol. The second kappa shape index (κ2) is 7.18. The summed E-state index contributed by atoms with van der Waals surface area (Å²) in [7, 11) is 0. The predicted molar refractivity (Wildman–Crippen MR) is 93.0 cm³/mol. The molecule has 1 aliphatic rings. The molecule has 0 N–H and O–H groups in total. The van der Waals surface area contributed by atoms with E-state index in [1.807, 2.05) is 43.9 Å². The van der Waals surface area contributed by atoms with Gasteiger partial charge in [0.2, 0.25) is 0 Å². The minimum Gasteiger partial charge on any atom is -0.456 e. The number of carbonyl (C=O) groups is 1. The Hall–Kier alpha value is -2.14. The number of rotatable bonds is 3. The summed E-state index contributed by atoms with van der Waals surface area (Å²) in [6, 6.07) is 7.97. The highest BCUT2D eigenvalue weighted by atomic mass is 16.4. The molecule has 0 aliphatic carbocycles. The molecule has 1 fully saturated rings. The zero-order valence-electron chi connectivity index (χ0n) is 14.7. The van der Waals surface area contributed by atoms with Gasteiger partial charge < -0.3 is 9.32 Å². The molecular formula is C19H25N3O2. The van der Waals surface area contributed by atoms with Crippen molar-refractivity contribution in [2.24, 2.45) is 0 Å². The van der Waals surface area contributed by atoms with Gasteiger partial charge >= 0.3 is 0 Å². The van der Waals surface area contributed by atoms with Gasteiger partial charge in [-0.15, -0.1) is 0 Å². The van der Waals surface area contributed by atoms with Crippen LogP contribution < -0.4 is 0 Å². The van der Waals surface area contributed by atoms with Gasteiger partial charge in [0, 0.05) is 38.4 Å². The molecule has 0 unspecified atom stereocenters. The summed E-state index contributed by atoms with van der Waals surface area (Å²) in [5, 5.41) is 0. The molecule has 0 atom stereocenters. The number of nitrogens with zero attached hydrogens (tertiary/aromatic N) is 3. The standard InChI is InChI=1S/C19H25N3O2/c1-14-12-18(24-16(14)3)19(23)22-9-5-8-21(10-11-22)13-17-7-4-6-15(2)20-17/h4,6-7,12H,5,8-11,13H2,1-3H3. The molecule has 0 bridgehead atoms. The number of aromatic nitrogens is 1. The quantitative estimate of drug-likeness (QED) is 0.870. The lowest BCUT2D eigenvalue weighted by molar-refractivity contribution is 0.0728. The van der Waals surface area contributed by atoms with Crippen molar-refractivity contribution >= 4 is 5.91 Å². The van der Waals surface area contributed by atoms with Crippen LogP contribution in [0.4, 0.5) is 0 Å². The Morgan fingerprint density at radius 2 is 2.00 bits per heavy atom. The normalized spacial score (nSPS) is 16.2. The lowest BCUT2D eigenvalue weighted by Gasteiger charge is -2.21. The minimum atomic E-state index is 0.00160. The summed E-state index contributed by atoms with van der Waals surface area (Å²) >= 11 is 0. The van der Waals surface area contributed by atoms with E-state index in [2.05, 4.69) is 16.0 Å². The zero-order valence-corrected chi connectivity index (χ0v) is 14.7. The number of hydrogen-bond donors (Lipinski definition) is 0. The molecule has 0 saturated carbocycles. The van der Waals surface area contributed by atoms with E-state index in [0.29, 0.717) is 5.76 Å². The fourth-order valence-electron chi connectivity index (χ4n) is 3.08. The van der Waals surface area contributed by atoms with E-state index in [0.717, 1.165) is 61.9 Å². The number of amides is 1. The average molecular weight is 327 g/mol. The maximum Gasteiger partial charge on any atom is 0.289 e. The van der Waals surface area contributed by atoms with E-state index >= 15 is 0 Å². The maximum absolute atomic E-state index is 12.6. The topological polar surface area (TPSA) is 49.6 Å². The van der Waals surface area contributed by atoms with E-state index in [4.69, 9.17) is 4.42 Å². The van der Waals surface area contributed by atoms with E-state index in [-0.39, 0.29) is 5.91 Å². The second-order valence-corrected chi connectivity index (χ2v) is 6.54. The Morgan fingerprint density at radius 1 is 1.17 bits per heavy atom. The van der Waals surface area contributed by atoms with Crippen molar-refractivity contribution in [1.82, 2.24) is 14.8 Å². The lowest BCUT2D eigenvalue weighted by Crippen LogP contribution is -2.35. The number of pyridine rings is 1. The third kappa shape index (κ3) is 3.85. The minimum absolute atomic E-state index is 0.00160. The molecule has 2 aromatic heterocycles. The first-order valence-corrected chi connectivity index (χ1v) is 8.54. The molecule has 0 aromatic carbocycles. The van der Waals surface area contributed by atoms with Gasteiger partial charge in [0.15, 0.2) is 5.76 Å². The summed E-state index contributed by atoms with van der Waals surface area (Å²) in [5.74, 6) is 1.28. The molecule has 0 radical (unpaired) electrons. The van der Waals surface area contributed by atoms with Crippen LogP contribution in [0.1, 0.15) is 39.7 Å². The van der Waals surface area contributed by atoms with Gasteiger partial charge in [-0.2, -0.15) is 0 Å². The van der Waals surface area contributed by atoms with Gasteiger partial charge in [-0.05, 0) is 51.0 Å². The third-order valence-corrected chi connectivity index (χ3v) is 4.58. The van der Waals surface area contributed by atoms with Gasteiger partial charge in [-0.3, -0.25) is 14.7 Å². The fraction of sp³-hybridized carbons (Fsp3) is 0.474. The van der Waals surface area contributed by atoms with Gasteiger partial charge in [0.05, 0.1) is 5.69 Å². The first-order chi connectivity index (χ1) is 11.5. The van der Waals surface area contributed by atoms with Crippen LogP contribution in [0.2, 0.25) is 0 Å². The number of aryl methyl sites for hydroxylation is 3. The summed E-state index contributed by atoms with van der Waals surface area (Å²) in [6.07, 6.45) is 0.968. The van der Waals surface area contributed by atoms with Crippen molar-refractivity contribution < 1.29 is 9.21 Å². The molecule has 1 saturated heterocycles.